The van der Waals surface area contributed by atoms with Crippen molar-refractivity contribution >= 4 is 44.0 Å². The first kappa shape index (κ1) is 9.45. The van der Waals surface area contributed by atoms with Crippen molar-refractivity contribution in [2.45, 2.75) is 0 Å². The van der Waals surface area contributed by atoms with Gasteiger partial charge in [0.15, 0.2) is 0 Å². The molecule has 0 spiro atoms. The number of fused-ring (bicyclic) bond motifs is 1. The number of nitriles is 2. The molecule has 0 bridgehead atoms. The molecule has 0 saturated carbocycles. The molecule has 14 heavy (non-hydrogen) atoms. The topological polar surface area (TPSA) is 47.6 Å². The molecule has 1 aromatic heterocycles. The summed E-state index contributed by atoms with van der Waals surface area (Å²) in [6.45, 7) is 0. The number of benzene rings is 1. The fourth-order valence-corrected chi connectivity index (χ4v) is 3.01. The molecule has 66 valence electrons. The molecular formula is C10H3IN2S. The minimum atomic E-state index is 0.643. The lowest BCUT2D eigenvalue weighted by atomic mass is 10.1. The molecule has 4 heteroatoms. The molecule has 2 rings (SSSR count). The van der Waals surface area contributed by atoms with E-state index >= 15 is 0 Å². The molecule has 0 unspecified atom stereocenters. The van der Waals surface area contributed by atoms with Crippen molar-refractivity contribution in [3.8, 4) is 12.1 Å². The van der Waals surface area contributed by atoms with Crippen LogP contribution in [-0.2, 0) is 0 Å². The standard InChI is InChI=1S/C10H3IN2S/c11-7-1-6(4-12)9-3-8(5-13)14-10(9)2-7/h1-3H. The average Bonchev–Trinajstić information content (AvgIpc) is 2.59. The summed E-state index contributed by atoms with van der Waals surface area (Å²) in [4.78, 5) is 0.651. The van der Waals surface area contributed by atoms with Crippen LogP contribution in [0.25, 0.3) is 10.1 Å². The van der Waals surface area contributed by atoms with E-state index in [-0.39, 0.29) is 0 Å². The Labute approximate surface area is 98.5 Å². The molecule has 1 heterocycles. The molecule has 0 aliphatic carbocycles. The van der Waals surface area contributed by atoms with Gasteiger partial charge >= 0.3 is 0 Å². The normalized spacial score (nSPS) is 9.64. The van der Waals surface area contributed by atoms with E-state index in [4.69, 9.17) is 10.5 Å². The summed E-state index contributed by atoms with van der Waals surface area (Å²) in [6, 6.07) is 9.83. The van der Waals surface area contributed by atoms with Gasteiger partial charge in [0, 0.05) is 13.7 Å². The van der Waals surface area contributed by atoms with E-state index < -0.39 is 0 Å². The van der Waals surface area contributed by atoms with Gasteiger partial charge < -0.3 is 0 Å². The number of rotatable bonds is 0. The quantitative estimate of drug-likeness (QED) is 0.701. The van der Waals surface area contributed by atoms with Crippen molar-refractivity contribution in [3.05, 3.63) is 32.2 Å². The molecule has 0 aliphatic heterocycles. The van der Waals surface area contributed by atoms with Crippen LogP contribution in [0, 0.1) is 26.2 Å². The molecule has 2 nitrogen and oxygen atoms in total. The van der Waals surface area contributed by atoms with Gasteiger partial charge in [0.2, 0.25) is 0 Å². The highest BCUT2D eigenvalue weighted by Crippen LogP contribution is 2.29. The van der Waals surface area contributed by atoms with Crippen molar-refractivity contribution in [2.24, 2.45) is 0 Å². The van der Waals surface area contributed by atoms with E-state index in [0.29, 0.717) is 10.4 Å². The minimum absolute atomic E-state index is 0.643. The van der Waals surface area contributed by atoms with E-state index in [1.54, 1.807) is 6.07 Å². The zero-order chi connectivity index (χ0) is 10.1. The second-order valence-corrected chi connectivity index (χ2v) is 5.03. The fraction of sp³-hybridized carbons (Fsp3) is 0. The van der Waals surface area contributed by atoms with Gasteiger partial charge in [-0.2, -0.15) is 10.5 Å². The van der Waals surface area contributed by atoms with Crippen molar-refractivity contribution in [3.63, 3.8) is 0 Å². The van der Waals surface area contributed by atoms with Crippen molar-refractivity contribution in [1.82, 2.24) is 0 Å². The van der Waals surface area contributed by atoms with Gasteiger partial charge in [-0.05, 0) is 40.8 Å². The van der Waals surface area contributed by atoms with Crippen LogP contribution in [0.15, 0.2) is 18.2 Å². The predicted octanol–water partition coefficient (Wildman–Crippen LogP) is 3.25. The van der Waals surface area contributed by atoms with Gasteiger partial charge in [-0.25, -0.2) is 0 Å². The number of hydrogen-bond acceptors (Lipinski definition) is 3. The van der Waals surface area contributed by atoms with Gasteiger partial charge in [-0.3, -0.25) is 0 Å². The third-order valence-corrected chi connectivity index (χ3v) is 3.44. The molecule has 0 amide bonds. The first-order valence-corrected chi connectivity index (χ1v) is 5.67. The van der Waals surface area contributed by atoms with E-state index in [1.807, 2.05) is 12.1 Å². The summed E-state index contributed by atoms with van der Waals surface area (Å²) < 4.78 is 2.03. The first-order chi connectivity index (χ1) is 6.74. The Hall–Kier alpha value is -1.11. The lowest BCUT2D eigenvalue weighted by molar-refractivity contribution is 1.50. The molecule has 2 aromatic rings. The third kappa shape index (κ3) is 1.47. The highest BCUT2D eigenvalue weighted by molar-refractivity contribution is 14.1. The molecular weight excluding hydrogens is 307 g/mol. The number of thiophene rings is 1. The Balaban J connectivity index is 2.88. The summed E-state index contributed by atoms with van der Waals surface area (Å²) in [7, 11) is 0. The maximum absolute atomic E-state index is 8.91. The van der Waals surface area contributed by atoms with Crippen LogP contribution in [0.1, 0.15) is 10.4 Å². The molecule has 0 saturated heterocycles. The lowest BCUT2D eigenvalue weighted by Gasteiger charge is -1.93. The molecule has 0 atom stereocenters. The minimum Gasteiger partial charge on any atom is -0.192 e. The highest BCUT2D eigenvalue weighted by Gasteiger charge is 2.06. The predicted molar refractivity (Wildman–Crippen MR) is 64.0 cm³/mol. The largest absolute Gasteiger partial charge is 0.192 e. The fourth-order valence-electron chi connectivity index (χ4n) is 1.25. The van der Waals surface area contributed by atoms with Crippen LogP contribution in [-0.4, -0.2) is 0 Å². The van der Waals surface area contributed by atoms with Gasteiger partial charge in [-0.15, -0.1) is 11.3 Å². The third-order valence-electron chi connectivity index (χ3n) is 1.83. The van der Waals surface area contributed by atoms with Crippen LogP contribution in [0.3, 0.4) is 0 Å². The van der Waals surface area contributed by atoms with Gasteiger partial charge in [0.1, 0.15) is 10.9 Å². The van der Waals surface area contributed by atoms with Crippen molar-refractivity contribution in [1.29, 1.82) is 10.5 Å². The lowest BCUT2D eigenvalue weighted by Crippen LogP contribution is -1.77. The zero-order valence-corrected chi connectivity index (χ0v) is 9.89. The second-order valence-electron chi connectivity index (χ2n) is 2.70. The Bertz CT molecular complexity index is 586. The number of hydrogen-bond donors (Lipinski definition) is 0. The van der Waals surface area contributed by atoms with Crippen LogP contribution in [0.5, 0.6) is 0 Å². The summed E-state index contributed by atoms with van der Waals surface area (Å²) in [5, 5.41) is 18.5. The first-order valence-electron chi connectivity index (χ1n) is 3.78. The Kier molecular flexibility index (Phi) is 2.40. The van der Waals surface area contributed by atoms with Gasteiger partial charge in [0.25, 0.3) is 0 Å². The van der Waals surface area contributed by atoms with Crippen molar-refractivity contribution < 1.29 is 0 Å². The molecule has 0 radical (unpaired) electrons. The second kappa shape index (κ2) is 3.56. The smallest absolute Gasteiger partial charge is 0.110 e. The van der Waals surface area contributed by atoms with Crippen molar-refractivity contribution in [2.75, 3.05) is 0 Å². The molecule has 1 aromatic carbocycles. The van der Waals surface area contributed by atoms with Crippen LogP contribution >= 0.6 is 33.9 Å². The zero-order valence-electron chi connectivity index (χ0n) is 6.91. The summed E-state index contributed by atoms with van der Waals surface area (Å²) in [5.74, 6) is 0. The summed E-state index contributed by atoms with van der Waals surface area (Å²) in [5.41, 5.74) is 0.643. The number of nitrogens with zero attached hydrogens (tertiary/aromatic N) is 2. The van der Waals surface area contributed by atoms with Gasteiger partial charge in [-0.1, -0.05) is 0 Å². The molecule has 0 aliphatic rings. The van der Waals surface area contributed by atoms with Gasteiger partial charge in [0.05, 0.1) is 11.6 Å². The monoisotopic (exact) mass is 310 g/mol. The Morgan fingerprint density at radius 3 is 2.57 bits per heavy atom. The van der Waals surface area contributed by atoms with E-state index in [0.717, 1.165) is 13.7 Å². The van der Waals surface area contributed by atoms with Crippen LogP contribution in [0.4, 0.5) is 0 Å². The van der Waals surface area contributed by atoms with E-state index in [9.17, 15) is 0 Å². The number of halogens is 1. The highest BCUT2D eigenvalue weighted by atomic mass is 127. The maximum atomic E-state index is 8.91. The Morgan fingerprint density at radius 1 is 1.14 bits per heavy atom. The molecule has 0 fully saturated rings. The van der Waals surface area contributed by atoms with Crippen LogP contribution in [0.2, 0.25) is 0 Å². The maximum Gasteiger partial charge on any atom is 0.110 e. The summed E-state index contributed by atoms with van der Waals surface area (Å²) >= 11 is 3.59. The SMILES string of the molecule is N#Cc1cc2c(C#N)cc(I)cc2s1. The summed E-state index contributed by atoms with van der Waals surface area (Å²) in [6.07, 6.45) is 0. The van der Waals surface area contributed by atoms with Crippen LogP contribution < -0.4 is 0 Å². The molecule has 0 N–H and O–H groups in total. The van der Waals surface area contributed by atoms with E-state index in [2.05, 4.69) is 34.7 Å². The van der Waals surface area contributed by atoms with E-state index in [1.165, 1.54) is 11.3 Å². The Morgan fingerprint density at radius 2 is 1.93 bits per heavy atom. The average molecular weight is 310 g/mol.